The molecule has 0 saturated carbocycles. The maximum Gasteiger partial charge on any atom is 0.300 e. The first kappa shape index (κ1) is 24.7. The summed E-state index contributed by atoms with van der Waals surface area (Å²) >= 11 is 0. The van der Waals surface area contributed by atoms with Crippen LogP contribution in [0.15, 0.2) is 64.7 Å². The van der Waals surface area contributed by atoms with Gasteiger partial charge in [0, 0.05) is 29.6 Å². The molecule has 0 spiro atoms. The number of carbonyl (C=O) groups excluding carboxylic acids is 1. The number of methoxy groups -OCH3 is 1. The average Bonchev–Trinajstić information content (AvgIpc) is 2.83. The van der Waals surface area contributed by atoms with Crippen LogP contribution in [0.1, 0.15) is 6.92 Å². The molecule has 0 aliphatic heterocycles. The van der Waals surface area contributed by atoms with Crippen molar-refractivity contribution in [3.05, 3.63) is 77.0 Å². The van der Waals surface area contributed by atoms with Crippen LogP contribution in [0.25, 0.3) is 16.8 Å². The van der Waals surface area contributed by atoms with Crippen LogP contribution in [0.4, 0.5) is 14.5 Å². The number of anilines is 1. The Labute approximate surface area is 203 Å². The van der Waals surface area contributed by atoms with Crippen molar-refractivity contribution in [2.45, 2.75) is 11.8 Å². The normalized spacial score (nSPS) is 11.3. The molecule has 3 heterocycles. The van der Waals surface area contributed by atoms with E-state index in [1.165, 1.54) is 43.1 Å². The van der Waals surface area contributed by atoms with Crippen LogP contribution in [0.3, 0.4) is 0 Å². The van der Waals surface area contributed by atoms with Crippen molar-refractivity contribution in [2.75, 3.05) is 18.4 Å². The SMILES string of the molecule is COc1ncc(-c2ccc3ncc(OCC(C)=O)c(=O)n3c2)cc1NS(=O)(=O)c1ccc(F)cc1F. The van der Waals surface area contributed by atoms with E-state index >= 15 is 0 Å². The number of nitrogens with zero attached hydrogens (tertiary/aromatic N) is 3. The van der Waals surface area contributed by atoms with Gasteiger partial charge in [-0.15, -0.1) is 0 Å². The molecule has 0 aliphatic carbocycles. The minimum atomic E-state index is -4.47. The first-order valence-corrected chi connectivity index (χ1v) is 11.7. The summed E-state index contributed by atoms with van der Waals surface area (Å²) in [5.74, 6) is -2.70. The van der Waals surface area contributed by atoms with E-state index in [1.807, 2.05) is 0 Å². The zero-order valence-corrected chi connectivity index (χ0v) is 19.7. The Morgan fingerprint density at radius 3 is 2.56 bits per heavy atom. The molecular formula is C23H18F2N4O6S. The second kappa shape index (κ2) is 9.70. The number of rotatable bonds is 8. The molecule has 1 N–H and O–H groups in total. The summed E-state index contributed by atoms with van der Waals surface area (Å²) in [5.41, 5.74) is 0.434. The van der Waals surface area contributed by atoms with Crippen LogP contribution in [-0.2, 0) is 14.8 Å². The molecule has 0 radical (unpaired) electrons. The molecule has 0 fully saturated rings. The molecule has 0 amide bonds. The smallest absolute Gasteiger partial charge is 0.300 e. The van der Waals surface area contributed by atoms with Crippen molar-refractivity contribution in [3.8, 4) is 22.8 Å². The molecule has 0 aliphatic rings. The monoisotopic (exact) mass is 516 g/mol. The van der Waals surface area contributed by atoms with Gasteiger partial charge in [0.25, 0.3) is 15.6 Å². The van der Waals surface area contributed by atoms with Gasteiger partial charge in [-0.3, -0.25) is 18.7 Å². The highest BCUT2D eigenvalue weighted by molar-refractivity contribution is 7.92. The van der Waals surface area contributed by atoms with Crippen molar-refractivity contribution >= 4 is 27.1 Å². The number of nitrogens with one attached hydrogen (secondary N) is 1. The molecule has 4 rings (SSSR count). The predicted molar refractivity (Wildman–Crippen MR) is 125 cm³/mol. The van der Waals surface area contributed by atoms with E-state index in [-0.39, 0.29) is 29.7 Å². The molecule has 0 atom stereocenters. The van der Waals surface area contributed by atoms with E-state index in [9.17, 15) is 26.8 Å². The number of ketones is 1. The Morgan fingerprint density at radius 1 is 1.08 bits per heavy atom. The average molecular weight is 516 g/mol. The summed E-state index contributed by atoms with van der Waals surface area (Å²) in [6, 6.07) is 6.62. The predicted octanol–water partition coefficient (Wildman–Crippen LogP) is 2.81. The molecule has 4 aromatic rings. The first-order chi connectivity index (χ1) is 17.1. The minimum Gasteiger partial charge on any atom is -0.480 e. The lowest BCUT2D eigenvalue weighted by Gasteiger charge is -2.13. The number of ether oxygens (including phenoxy) is 2. The Morgan fingerprint density at radius 2 is 1.86 bits per heavy atom. The number of carbonyl (C=O) groups is 1. The third-order valence-electron chi connectivity index (χ3n) is 4.91. The number of hydrogen-bond acceptors (Lipinski definition) is 8. The summed E-state index contributed by atoms with van der Waals surface area (Å²) in [4.78, 5) is 31.4. The number of hydrogen-bond donors (Lipinski definition) is 1. The van der Waals surface area contributed by atoms with Gasteiger partial charge in [-0.25, -0.2) is 27.2 Å². The summed E-state index contributed by atoms with van der Waals surface area (Å²) < 4.78 is 66.6. The number of benzene rings is 1. The lowest BCUT2D eigenvalue weighted by Crippen LogP contribution is -2.19. The fraction of sp³-hybridized carbons (Fsp3) is 0.130. The van der Waals surface area contributed by atoms with E-state index in [2.05, 4.69) is 14.7 Å². The topological polar surface area (TPSA) is 129 Å². The summed E-state index contributed by atoms with van der Waals surface area (Å²) in [6.45, 7) is 1.03. The van der Waals surface area contributed by atoms with Crippen LogP contribution >= 0.6 is 0 Å². The number of pyridine rings is 2. The minimum absolute atomic E-state index is 0.107. The highest BCUT2D eigenvalue weighted by Crippen LogP contribution is 2.30. The molecule has 1 aromatic carbocycles. The maximum absolute atomic E-state index is 14.1. The van der Waals surface area contributed by atoms with Crippen molar-refractivity contribution in [1.29, 1.82) is 0 Å². The molecule has 10 nitrogen and oxygen atoms in total. The summed E-state index contributed by atoms with van der Waals surface area (Å²) in [6.07, 6.45) is 4.04. The van der Waals surface area contributed by atoms with Crippen LogP contribution in [-0.4, -0.2) is 42.3 Å². The van der Waals surface area contributed by atoms with Crippen LogP contribution < -0.4 is 19.8 Å². The van der Waals surface area contributed by atoms with Gasteiger partial charge in [0.05, 0.1) is 13.3 Å². The molecule has 13 heteroatoms. The van der Waals surface area contributed by atoms with Crippen molar-refractivity contribution in [1.82, 2.24) is 14.4 Å². The largest absolute Gasteiger partial charge is 0.480 e. The van der Waals surface area contributed by atoms with Crippen molar-refractivity contribution in [2.24, 2.45) is 0 Å². The first-order valence-electron chi connectivity index (χ1n) is 10.2. The Bertz CT molecular complexity index is 1660. The van der Waals surface area contributed by atoms with Gasteiger partial charge in [0.2, 0.25) is 11.6 Å². The zero-order chi connectivity index (χ0) is 26.0. The molecule has 3 aromatic heterocycles. The van der Waals surface area contributed by atoms with E-state index in [4.69, 9.17) is 9.47 Å². The van der Waals surface area contributed by atoms with Gasteiger partial charge in [-0.2, -0.15) is 0 Å². The molecule has 186 valence electrons. The third-order valence-corrected chi connectivity index (χ3v) is 6.31. The molecule has 0 bridgehead atoms. The number of sulfonamides is 1. The molecule has 0 saturated heterocycles. The van der Waals surface area contributed by atoms with Crippen LogP contribution in [0.2, 0.25) is 0 Å². The highest BCUT2D eigenvalue weighted by Gasteiger charge is 2.22. The highest BCUT2D eigenvalue weighted by atomic mass is 32.2. The Kier molecular flexibility index (Phi) is 6.66. The second-order valence-corrected chi connectivity index (χ2v) is 9.18. The van der Waals surface area contributed by atoms with E-state index < -0.39 is 32.1 Å². The second-order valence-electron chi connectivity index (χ2n) is 7.53. The fourth-order valence-corrected chi connectivity index (χ4v) is 4.36. The lowest BCUT2D eigenvalue weighted by atomic mass is 10.1. The number of halogens is 2. The van der Waals surface area contributed by atoms with Gasteiger partial charge >= 0.3 is 0 Å². The third kappa shape index (κ3) is 5.00. The number of Topliss-reactive ketones (excluding diaryl/α,β-unsaturated/α-hetero) is 1. The maximum atomic E-state index is 14.1. The van der Waals surface area contributed by atoms with Crippen molar-refractivity contribution < 1.29 is 31.5 Å². The van der Waals surface area contributed by atoms with Gasteiger partial charge in [-0.05, 0) is 37.3 Å². The fourth-order valence-electron chi connectivity index (χ4n) is 3.25. The van der Waals surface area contributed by atoms with Gasteiger partial charge in [-0.1, -0.05) is 0 Å². The van der Waals surface area contributed by atoms with Crippen molar-refractivity contribution in [3.63, 3.8) is 0 Å². The van der Waals surface area contributed by atoms with E-state index in [1.54, 1.807) is 12.1 Å². The van der Waals surface area contributed by atoms with Gasteiger partial charge < -0.3 is 9.47 Å². The molecule has 36 heavy (non-hydrogen) atoms. The van der Waals surface area contributed by atoms with Gasteiger partial charge in [0.1, 0.15) is 34.5 Å². The lowest BCUT2D eigenvalue weighted by molar-refractivity contribution is -0.118. The summed E-state index contributed by atoms with van der Waals surface area (Å²) in [5, 5.41) is 0. The number of fused-ring (bicyclic) bond motifs is 1. The molecule has 0 unspecified atom stereocenters. The summed E-state index contributed by atoms with van der Waals surface area (Å²) in [7, 11) is -3.21. The molecular weight excluding hydrogens is 498 g/mol. The Balaban J connectivity index is 1.75. The van der Waals surface area contributed by atoms with Crippen LogP contribution in [0, 0.1) is 11.6 Å². The Hall–Kier alpha value is -4.39. The quantitative estimate of drug-likeness (QED) is 0.379. The van der Waals surface area contributed by atoms with Crippen LogP contribution in [0.5, 0.6) is 11.6 Å². The standard InChI is InChI=1S/C23H18F2N4O6S/c1-13(30)12-35-19-10-26-21-6-3-14(11-29(21)23(19)31)15-7-18(22(34-2)27-9-15)28-36(32,33)20-5-4-16(24)8-17(20)25/h3-11,28H,12H2,1-2H3. The van der Waals surface area contributed by atoms with Gasteiger partial charge in [0.15, 0.2) is 5.78 Å². The van der Waals surface area contributed by atoms with E-state index in [0.29, 0.717) is 22.8 Å². The number of aromatic nitrogens is 3. The van der Waals surface area contributed by atoms with E-state index in [0.717, 1.165) is 12.1 Å². The zero-order valence-electron chi connectivity index (χ0n) is 18.9.